The van der Waals surface area contributed by atoms with Crippen LogP contribution in [0.4, 0.5) is 4.79 Å². The van der Waals surface area contributed by atoms with Crippen LogP contribution >= 0.6 is 0 Å². The molecule has 52 heavy (non-hydrogen) atoms. The molecule has 1 aromatic heterocycles. The van der Waals surface area contributed by atoms with Crippen LogP contribution in [0.15, 0.2) is 43.1 Å². The lowest BCUT2D eigenvalue weighted by atomic mass is 9.83. The molecule has 5 aliphatic rings. The molecule has 4 bridgehead atoms. The Morgan fingerprint density at radius 3 is 2.54 bits per heavy atom. The summed E-state index contributed by atoms with van der Waals surface area (Å²) in [5, 5.41) is 6.88. The van der Waals surface area contributed by atoms with Crippen molar-refractivity contribution in [2.75, 3.05) is 13.2 Å². The van der Waals surface area contributed by atoms with Crippen molar-refractivity contribution >= 4 is 44.6 Å². The van der Waals surface area contributed by atoms with Crippen molar-refractivity contribution in [3.8, 4) is 5.88 Å². The van der Waals surface area contributed by atoms with Crippen molar-refractivity contribution in [2.24, 2.45) is 11.8 Å². The van der Waals surface area contributed by atoms with E-state index in [1.807, 2.05) is 12.1 Å². The van der Waals surface area contributed by atoms with E-state index < -0.39 is 68.7 Å². The van der Waals surface area contributed by atoms with Crippen LogP contribution in [0.3, 0.4) is 0 Å². The summed E-state index contributed by atoms with van der Waals surface area (Å²) >= 11 is 0. The predicted octanol–water partition coefficient (Wildman–Crippen LogP) is 4.04. The predicted molar refractivity (Wildman–Crippen MR) is 193 cm³/mol. The van der Waals surface area contributed by atoms with Crippen molar-refractivity contribution in [3.05, 3.63) is 48.7 Å². The van der Waals surface area contributed by atoms with Crippen LogP contribution in [-0.2, 0) is 35.6 Å². The second kappa shape index (κ2) is 15.0. The molecular formula is C38H49N5O8S. The van der Waals surface area contributed by atoms with Gasteiger partial charge in [-0.1, -0.05) is 50.3 Å². The van der Waals surface area contributed by atoms with E-state index in [4.69, 9.17) is 9.47 Å². The number of sulfonamides is 1. The van der Waals surface area contributed by atoms with Crippen LogP contribution in [-0.4, -0.2) is 84.2 Å². The monoisotopic (exact) mass is 735 g/mol. The van der Waals surface area contributed by atoms with Gasteiger partial charge in [0, 0.05) is 23.9 Å². The van der Waals surface area contributed by atoms with E-state index in [9.17, 15) is 27.6 Å². The van der Waals surface area contributed by atoms with Gasteiger partial charge in [-0.2, -0.15) is 0 Å². The molecule has 7 rings (SSSR count). The molecule has 13 nitrogen and oxygen atoms in total. The number of pyridine rings is 1. The van der Waals surface area contributed by atoms with Gasteiger partial charge in [-0.05, 0) is 80.4 Å². The number of cyclic esters (lactones) is 1. The van der Waals surface area contributed by atoms with Gasteiger partial charge in [0.25, 0.3) is 5.91 Å². The van der Waals surface area contributed by atoms with Gasteiger partial charge < -0.3 is 25.0 Å². The number of hydrogen-bond acceptors (Lipinski definition) is 9. The molecule has 3 heterocycles. The fraction of sp³-hybridized carbons (Fsp3) is 0.605. The normalized spacial score (nSPS) is 29.1. The second-order valence-corrected chi connectivity index (χ2v) is 17.1. The number of hydrogen-bond donors (Lipinski definition) is 3. The van der Waals surface area contributed by atoms with Gasteiger partial charge in [-0.25, -0.2) is 18.2 Å². The number of alkyl carbamates (subject to hydrolysis) is 1. The zero-order valence-corrected chi connectivity index (χ0v) is 30.3. The van der Waals surface area contributed by atoms with Crippen molar-refractivity contribution in [1.82, 2.24) is 25.2 Å². The standard InChI is InChI=1S/C38H49N5O8S/c1-2-27-22-38(27,36(46)42-52(48,49)29-15-16-29)41-33(44)31-21-28-23-43(31)35(45)32(26-11-7-5-8-12-26)40-37(47)50-19-9-4-3-6-10-24-13-14-25-17-18-39-34(51-28)30(25)20-24/h2,13-14,17-18,20,26-29,31-32H,1,3-12,15-16,19,21-23H2,(H,40,47)(H,41,44)(H,42,46)/t27-,28-,31+,32+,38-/m1/s1. The molecule has 280 valence electrons. The molecule has 3 saturated carbocycles. The third-order valence-electron chi connectivity index (χ3n) is 11.4. The molecule has 4 amide bonds. The van der Waals surface area contributed by atoms with Crippen LogP contribution in [0, 0.1) is 11.8 Å². The summed E-state index contributed by atoms with van der Waals surface area (Å²) in [5.41, 5.74) is -0.374. The molecule has 0 radical (unpaired) electrons. The number of amides is 4. The van der Waals surface area contributed by atoms with Crippen molar-refractivity contribution < 1.29 is 37.1 Å². The minimum atomic E-state index is -3.88. The summed E-state index contributed by atoms with van der Waals surface area (Å²) in [7, 11) is -3.88. The Balaban J connectivity index is 1.20. The molecule has 0 spiro atoms. The average Bonchev–Trinajstić information content (AvgIpc) is 4.07. The maximum Gasteiger partial charge on any atom is 0.407 e. The minimum absolute atomic E-state index is 0.0365. The first-order valence-corrected chi connectivity index (χ1v) is 20.4. The average molecular weight is 736 g/mol. The molecular weight excluding hydrogens is 687 g/mol. The van der Waals surface area contributed by atoms with Gasteiger partial charge in [-0.15, -0.1) is 6.58 Å². The molecule has 3 aliphatic carbocycles. The molecule has 1 aromatic carbocycles. The Kier molecular flexibility index (Phi) is 10.5. The Labute approximate surface area is 304 Å². The first-order chi connectivity index (χ1) is 25.1. The van der Waals surface area contributed by atoms with E-state index in [2.05, 4.69) is 39.1 Å². The third-order valence-corrected chi connectivity index (χ3v) is 13.2. The lowest BCUT2D eigenvalue weighted by Gasteiger charge is -2.34. The number of fused-ring (bicyclic) bond motifs is 3. The number of aromatic nitrogens is 1. The maximum atomic E-state index is 14.7. The third kappa shape index (κ3) is 7.77. The zero-order chi connectivity index (χ0) is 36.5. The van der Waals surface area contributed by atoms with E-state index >= 15 is 0 Å². The van der Waals surface area contributed by atoms with Gasteiger partial charge in [-0.3, -0.25) is 19.1 Å². The highest BCUT2D eigenvalue weighted by Crippen LogP contribution is 2.45. The Morgan fingerprint density at radius 2 is 1.79 bits per heavy atom. The van der Waals surface area contributed by atoms with Crippen LogP contribution in [0.25, 0.3) is 10.8 Å². The number of nitrogens with one attached hydrogen (secondary N) is 3. The molecule has 4 fully saturated rings. The van der Waals surface area contributed by atoms with Crippen molar-refractivity contribution in [3.63, 3.8) is 0 Å². The first-order valence-electron chi connectivity index (χ1n) is 18.9. The number of carbonyl (C=O) groups is 4. The topological polar surface area (TPSA) is 173 Å². The van der Waals surface area contributed by atoms with Gasteiger partial charge in [0.1, 0.15) is 23.7 Å². The lowest BCUT2D eigenvalue weighted by Crippen LogP contribution is -2.59. The largest absolute Gasteiger partial charge is 0.472 e. The Morgan fingerprint density at radius 1 is 1.02 bits per heavy atom. The quantitative estimate of drug-likeness (QED) is 0.355. The molecule has 0 unspecified atom stereocenters. The SMILES string of the molecule is C=C[C@@H]1C[C@]1(NC(=O)[C@@H]1C[C@@H]2CN1C(=O)[C@H](C1CCCCC1)NC(=O)OCCCCCCc1ccc3ccnc(c3c1)O2)C(=O)NS(=O)(=O)C1CC1. The van der Waals surface area contributed by atoms with Crippen LogP contribution in [0.2, 0.25) is 0 Å². The maximum absolute atomic E-state index is 14.7. The number of aryl methyl sites for hydroxylation is 1. The van der Waals surface area contributed by atoms with Gasteiger partial charge >= 0.3 is 6.09 Å². The van der Waals surface area contributed by atoms with E-state index in [-0.39, 0.29) is 31.9 Å². The summed E-state index contributed by atoms with van der Waals surface area (Å²) in [6, 6.07) is 6.14. The summed E-state index contributed by atoms with van der Waals surface area (Å²) in [6.07, 6.45) is 11.9. The molecule has 2 aliphatic heterocycles. The fourth-order valence-electron chi connectivity index (χ4n) is 8.14. The molecule has 3 N–H and O–H groups in total. The second-order valence-electron chi connectivity index (χ2n) is 15.2. The highest BCUT2D eigenvalue weighted by molar-refractivity contribution is 7.91. The van der Waals surface area contributed by atoms with Gasteiger partial charge in [0.2, 0.25) is 27.7 Å². The molecule has 2 aromatic rings. The highest BCUT2D eigenvalue weighted by atomic mass is 32.2. The molecule has 1 saturated heterocycles. The summed E-state index contributed by atoms with van der Waals surface area (Å²) in [6.45, 7) is 4.07. The van der Waals surface area contributed by atoms with Gasteiger partial charge in [0.15, 0.2) is 0 Å². The minimum Gasteiger partial charge on any atom is -0.472 e. The number of nitrogens with zero attached hydrogens (tertiary/aromatic N) is 2. The van der Waals surface area contributed by atoms with Crippen LogP contribution in [0.1, 0.15) is 89.0 Å². The highest BCUT2D eigenvalue weighted by Gasteiger charge is 2.62. The van der Waals surface area contributed by atoms with Crippen LogP contribution in [0.5, 0.6) is 5.88 Å². The molecule has 5 atom stereocenters. The lowest BCUT2D eigenvalue weighted by molar-refractivity contribution is -0.142. The number of carbonyl (C=O) groups excluding carboxylic acids is 4. The number of rotatable bonds is 7. The van der Waals surface area contributed by atoms with Gasteiger partial charge in [0.05, 0.1) is 18.4 Å². The smallest absolute Gasteiger partial charge is 0.407 e. The van der Waals surface area contributed by atoms with E-state index in [0.717, 1.165) is 74.1 Å². The first kappa shape index (κ1) is 36.2. The fourth-order valence-corrected chi connectivity index (χ4v) is 9.50. The number of benzene rings is 1. The van der Waals surface area contributed by atoms with E-state index in [1.54, 1.807) is 6.20 Å². The van der Waals surface area contributed by atoms with E-state index in [1.165, 1.54) is 11.0 Å². The van der Waals surface area contributed by atoms with Crippen molar-refractivity contribution in [1.29, 1.82) is 0 Å². The summed E-state index contributed by atoms with van der Waals surface area (Å²) < 4.78 is 39.7. The summed E-state index contributed by atoms with van der Waals surface area (Å²) in [4.78, 5) is 61.7. The zero-order valence-electron chi connectivity index (χ0n) is 29.5. The van der Waals surface area contributed by atoms with Crippen LogP contribution < -0.4 is 20.1 Å². The Hall–Kier alpha value is -4.20. The van der Waals surface area contributed by atoms with Crippen molar-refractivity contribution in [2.45, 2.75) is 119 Å². The summed E-state index contributed by atoms with van der Waals surface area (Å²) in [5.74, 6) is -2.08. The number of ether oxygens (including phenoxy) is 2. The Bertz CT molecular complexity index is 1830. The van der Waals surface area contributed by atoms with E-state index in [0.29, 0.717) is 25.1 Å². The molecule has 14 heteroatoms.